The van der Waals surface area contributed by atoms with E-state index in [0.717, 1.165) is 62.2 Å². The second-order valence-corrected chi connectivity index (χ2v) is 12.7. The lowest BCUT2D eigenvalue weighted by atomic mass is 9.88. The zero-order valence-electron chi connectivity index (χ0n) is 24.4. The number of hydrogen-bond acceptors (Lipinski definition) is 8. The molecule has 3 aliphatic heterocycles. The topological polar surface area (TPSA) is 128 Å². The predicted molar refractivity (Wildman–Crippen MR) is 152 cm³/mol. The Kier molecular flexibility index (Phi) is 8.09. The molecule has 5 rings (SSSR count). The molecule has 4 aliphatic rings. The van der Waals surface area contributed by atoms with Crippen molar-refractivity contribution in [3.63, 3.8) is 0 Å². The lowest BCUT2D eigenvalue weighted by Gasteiger charge is -2.43. The fraction of sp³-hybridized carbons (Fsp3) is 0.633. The van der Waals surface area contributed by atoms with Crippen molar-refractivity contribution in [3.8, 4) is 0 Å². The molecule has 11 heteroatoms. The summed E-state index contributed by atoms with van der Waals surface area (Å²) in [6, 6.07) is 5.14. The number of hydrogen-bond donors (Lipinski definition) is 2. The normalized spacial score (nSPS) is 25.8. The van der Waals surface area contributed by atoms with Gasteiger partial charge in [0, 0.05) is 37.6 Å². The third kappa shape index (κ3) is 6.10. The van der Waals surface area contributed by atoms with Crippen LogP contribution in [0.3, 0.4) is 0 Å². The van der Waals surface area contributed by atoms with Crippen LogP contribution in [0.5, 0.6) is 0 Å². The molecule has 3 fully saturated rings. The highest BCUT2D eigenvalue weighted by molar-refractivity contribution is 6.25. The lowest BCUT2D eigenvalue weighted by molar-refractivity contribution is -0.136. The van der Waals surface area contributed by atoms with Crippen LogP contribution in [0.15, 0.2) is 18.2 Å². The van der Waals surface area contributed by atoms with Gasteiger partial charge in [0.15, 0.2) is 0 Å². The SMILES string of the molecule is CN(C1CCN(c2cccc3c2C(=O)N(C2CCC(=O)NC2=O)C3=O)CC1)C1CCCC(NC(=O)OC(C)(C)C)C1. The van der Waals surface area contributed by atoms with E-state index in [1.165, 1.54) is 0 Å². The Bertz CT molecular complexity index is 1230. The smallest absolute Gasteiger partial charge is 0.407 e. The standard InChI is InChI=1S/C30H41N5O6/c1-30(2,3)41-29(40)31-18-7-5-8-20(17-18)33(4)19-13-15-34(16-14-19)22-10-6-9-21-25(22)28(39)35(27(21)38)23-11-12-24(36)32-26(23)37/h6,9-10,18-20,23H,5,7-8,11-17H2,1-4H3,(H,31,40)(H,32,36,37). The van der Waals surface area contributed by atoms with Crippen molar-refractivity contribution >= 4 is 35.4 Å². The second-order valence-electron chi connectivity index (χ2n) is 12.7. The van der Waals surface area contributed by atoms with Gasteiger partial charge in [0.2, 0.25) is 11.8 Å². The molecule has 11 nitrogen and oxygen atoms in total. The van der Waals surface area contributed by atoms with Gasteiger partial charge in [0.05, 0.1) is 16.8 Å². The number of piperidine rings is 2. The minimum Gasteiger partial charge on any atom is -0.444 e. The van der Waals surface area contributed by atoms with Crippen molar-refractivity contribution in [2.24, 2.45) is 0 Å². The molecule has 1 aliphatic carbocycles. The van der Waals surface area contributed by atoms with E-state index in [9.17, 15) is 24.0 Å². The molecule has 222 valence electrons. The summed E-state index contributed by atoms with van der Waals surface area (Å²) >= 11 is 0. The number of fused-ring (bicyclic) bond motifs is 1. The first-order valence-corrected chi connectivity index (χ1v) is 14.7. The average molecular weight is 568 g/mol. The molecule has 0 aromatic heterocycles. The van der Waals surface area contributed by atoms with Gasteiger partial charge in [-0.3, -0.25) is 29.4 Å². The quantitative estimate of drug-likeness (QED) is 0.520. The zero-order chi connectivity index (χ0) is 29.5. The summed E-state index contributed by atoms with van der Waals surface area (Å²) in [6.45, 7) is 7.06. The van der Waals surface area contributed by atoms with Gasteiger partial charge in [-0.15, -0.1) is 0 Å². The molecule has 2 N–H and O–H groups in total. The molecule has 1 aromatic carbocycles. The van der Waals surface area contributed by atoms with Crippen molar-refractivity contribution in [2.75, 3.05) is 25.0 Å². The summed E-state index contributed by atoms with van der Waals surface area (Å²) in [4.78, 5) is 68.8. The van der Waals surface area contributed by atoms with Crippen molar-refractivity contribution < 1.29 is 28.7 Å². The van der Waals surface area contributed by atoms with Crippen LogP contribution >= 0.6 is 0 Å². The van der Waals surface area contributed by atoms with Crippen LogP contribution in [0.25, 0.3) is 0 Å². The van der Waals surface area contributed by atoms with Crippen LogP contribution < -0.4 is 15.5 Å². The Morgan fingerprint density at radius 1 is 1.00 bits per heavy atom. The van der Waals surface area contributed by atoms with Crippen LogP contribution in [0, 0.1) is 0 Å². The number of nitrogens with one attached hydrogen (secondary N) is 2. The first kappa shape index (κ1) is 29.0. The highest BCUT2D eigenvalue weighted by atomic mass is 16.6. The molecule has 0 bridgehead atoms. The zero-order valence-corrected chi connectivity index (χ0v) is 24.4. The summed E-state index contributed by atoms with van der Waals surface area (Å²) in [7, 11) is 2.17. The molecule has 1 saturated carbocycles. The fourth-order valence-corrected chi connectivity index (χ4v) is 6.71. The third-order valence-corrected chi connectivity index (χ3v) is 8.77. The number of anilines is 1. The van der Waals surface area contributed by atoms with E-state index in [2.05, 4.69) is 27.5 Å². The highest BCUT2D eigenvalue weighted by Crippen LogP contribution is 2.36. The van der Waals surface area contributed by atoms with Crippen molar-refractivity contribution in [1.82, 2.24) is 20.4 Å². The minimum absolute atomic E-state index is 0.0916. The van der Waals surface area contributed by atoms with Crippen LogP contribution in [-0.4, -0.2) is 89.4 Å². The number of imide groups is 2. The van der Waals surface area contributed by atoms with E-state index in [1.807, 2.05) is 26.8 Å². The van der Waals surface area contributed by atoms with Gasteiger partial charge in [0.25, 0.3) is 11.8 Å². The summed E-state index contributed by atoms with van der Waals surface area (Å²) in [5.41, 5.74) is 0.846. The maximum absolute atomic E-state index is 13.5. The number of alkyl carbamates (subject to hydrolysis) is 1. The molecular formula is C30H41N5O6. The van der Waals surface area contributed by atoms with E-state index >= 15 is 0 Å². The highest BCUT2D eigenvalue weighted by Gasteiger charge is 2.46. The second kappa shape index (κ2) is 11.4. The Balaban J connectivity index is 1.21. The molecule has 5 amide bonds. The van der Waals surface area contributed by atoms with Gasteiger partial charge < -0.3 is 19.9 Å². The van der Waals surface area contributed by atoms with Gasteiger partial charge in [-0.05, 0) is 84.9 Å². The summed E-state index contributed by atoms with van der Waals surface area (Å²) in [6.07, 6.45) is 5.64. The number of carbonyl (C=O) groups is 5. The molecule has 2 saturated heterocycles. The molecule has 3 unspecified atom stereocenters. The summed E-state index contributed by atoms with van der Waals surface area (Å²) in [5.74, 6) is -1.95. The lowest BCUT2D eigenvalue weighted by Crippen LogP contribution is -2.54. The Morgan fingerprint density at radius 3 is 2.41 bits per heavy atom. The van der Waals surface area contributed by atoms with Gasteiger partial charge in [-0.2, -0.15) is 0 Å². The Labute approximate surface area is 240 Å². The summed E-state index contributed by atoms with van der Waals surface area (Å²) < 4.78 is 5.45. The van der Waals surface area contributed by atoms with Gasteiger partial charge in [-0.1, -0.05) is 6.07 Å². The molecular weight excluding hydrogens is 526 g/mol. The molecule has 3 atom stereocenters. The van der Waals surface area contributed by atoms with E-state index in [1.54, 1.807) is 12.1 Å². The number of ether oxygens (including phenoxy) is 1. The van der Waals surface area contributed by atoms with E-state index in [-0.39, 0.29) is 30.9 Å². The van der Waals surface area contributed by atoms with Crippen molar-refractivity contribution in [3.05, 3.63) is 29.3 Å². The largest absolute Gasteiger partial charge is 0.444 e. The van der Waals surface area contributed by atoms with Crippen LogP contribution in [0.2, 0.25) is 0 Å². The molecule has 3 heterocycles. The van der Waals surface area contributed by atoms with E-state index < -0.39 is 29.4 Å². The van der Waals surface area contributed by atoms with Gasteiger partial charge in [-0.25, -0.2) is 4.79 Å². The minimum atomic E-state index is -0.975. The van der Waals surface area contributed by atoms with Gasteiger partial charge in [0.1, 0.15) is 11.6 Å². The summed E-state index contributed by atoms with van der Waals surface area (Å²) in [5, 5.41) is 5.30. The average Bonchev–Trinajstić information content (AvgIpc) is 3.17. The van der Waals surface area contributed by atoms with Crippen molar-refractivity contribution in [2.45, 2.75) is 102 Å². The van der Waals surface area contributed by atoms with Crippen molar-refractivity contribution in [1.29, 1.82) is 0 Å². The maximum Gasteiger partial charge on any atom is 0.407 e. The Hall–Kier alpha value is -3.47. The predicted octanol–water partition coefficient (Wildman–Crippen LogP) is 2.82. The number of amides is 5. The first-order valence-electron chi connectivity index (χ1n) is 14.7. The van der Waals surface area contributed by atoms with Crippen LogP contribution in [0.4, 0.5) is 10.5 Å². The maximum atomic E-state index is 13.5. The fourth-order valence-electron chi connectivity index (χ4n) is 6.71. The van der Waals surface area contributed by atoms with Crippen LogP contribution in [0.1, 0.15) is 92.9 Å². The number of nitrogens with zero attached hydrogens (tertiary/aromatic N) is 3. The van der Waals surface area contributed by atoms with E-state index in [4.69, 9.17) is 4.74 Å². The number of benzene rings is 1. The molecule has 1 aromatic rings. The monoisotopic (exact) mass is 567 g/mol. The number of carbonyl (C=O) groups excluding carboxylic acids is 5. The number of rotatable bonds is 5. The van der Waals surface area contributed by atoms with Crippen LogP contribution in [-0.2, 0) is 14.3 Å². The molecule has 0 spiro atoms. The van der Waals surface area contributed by atoms with E-state index in [0.29, 0.717) is 23.2 Å². The molecule has 0 radical (unpaired) electrons. The molecule has 41 heavy (non-hydrogen) atoms. The Morgan fingerprint density at radius 2 is 1.73 bits per heavy atom. The van der Waals surface area contributed by atoms with Gasteiger partial charge >= 0.3 is 6.09 Å². The first-order chi connectivity index (χ1) is 19.4. The third-order valence-electron chi connectivity index (χ3n) is 8.77.